The van der Waals surface area contributed by atoms with Crippen LogP contribution in [0.15, 0.2) is 24.3 Å². The first-order chi connectivity index (χ1) is 13.1. The average molecular weight is 388 g/mol. The number of nitrogens with zero attached hydrogens (tertiary/aromatic N) is 2. The van der Waals surface area contributed by atoms with Crippen LogP contribution in [0.3, 0.4) is 0 Å². The SMILES string of the molecule is CC1(C)C(C(=O)O)C1(C)C.CC1CCCN1C1CCN(c2ccc(N)cc2)C1. The summed E-state index contributed by atoms with van der Waals surface area (Å²) in [6.45, 7) is 14.0. The van der Waals surface area contributed by atoms with Crippen LogP contribution in [-0.4, -0.2) is 47.7 Å². The highest BCUT2D eigenvalue weighted by atomic mass is 16.4. The third-order valence-corrected chi connectivity index (χ3v) is 7.76. The Morgan fingerprint density at radius 1 is 1.07 bits per heavy atom. The van der Waals surface area contributed by atoms with Crippen molar-refractivity contribution < 1.29 is 9.90 Å². The number of rotatable bonds is 3. The molecule has 0 amide bonds. The summed E-state index contributed by atoms with van der Waals surface area (Å²) in [7, 11) is 0. The number of nitrogens with two attached hydrogens (primary N) is 1. The number of hydrogen-bond donors (Lipinski definition) is 2. The Balaban J connectivity index is 0.000000192. The molecule has 5 heteroatoms. The highest BCUT2D eigenvalue weighted by Gasteiger charge is 2.68. The van der Waals surface area contributed by atoms with E-state index in [4.69, 9.17) is 10.8 Å². The smallest absolute Gasteiger partial charge is 0.307 e. The maximum atomic E-state index is 10.6. The molecular formula is C23H37N3O2. The zero-order valence-electron chi connectivity index (χ0n) is 18.1. The van der Waals surface area contributed by atoms with E-state index >= 15 is 0 Å². The van der Waals surface area contributed by atoms with Gasteiger partial charge in [-0.25, -0.2) is 0 Å². The van der Waals surface area contributed by atoms with E-state index in [-0.39, 0.29) is 16.7 Å². The molecule has 2 saturated heterocycles. The van der Waals surface area contributed by atoms with Crippen molar-refractivity contribution in [1.29, 1.82) is 0 Å². The van der Waals surface area contributed by atoms with Gasteiger partial charge in [0.05, 0.1) is 5.92 Å². The van der Waals surface area contributed by atoms with Crippen LogP contribution < -0.4 is 10.6 Å². The zero-order chi connectivity index (χ0) is 20.7. The van der Waals surface area contributed by atoms with Crippen LogP contribution in [0.4, 0.5) is 11.4 Å². The van der Waals surface area contributed by atoms with Gasteiger partial charge in [-0.1, -0.05) is 27.7 Å². The van der Waals surface area contributed by atoms with Crippen LogP contribution in [0, 0.1) is 16.7 Å². The third kappa shape index (κ3) is 3.86. The Hall–Kier alpha value is -1.75. The molecule has 1 aromatic rings. The highest BCUT2D eigenvalue weighted by molar-refractivity contribution is 5.76. The van der Waals surface area contributed by atoms with E-state index in [2.05, 4.69) is 28.9 Å². The van der Waals surface area contributed by atoms with E-state index in [0.717, 1.165) is 17.8 Å². The van der Waals surface area contributed by atoms with Crippen LogP contribution >= 0.6 is 0 Å². The van der Waals surface area contributed by atoms with Gasteiger partial charge in [-0.3, -0.25) is 9.69 Å². The highest BCUT2D eigenvalue weighted by Crippen LogP contribution is 2.68. The third-order valence-electron chi connectivity index (χ3n) is 7.76. The quantitative estimate of drug-likeness (QED) is 0.765. The minimum Gasteiger partial charge on any atom is -0.481 e. The Morgan fingerprint density at radius 2 is 1.68 bits per heavy atom. The first kappa shape index (κ1) is 21.0. The van der Waals surface area contributed by atoms with Crippen molar-refractivity contribution in [3.8, 4) is 0 Å². The van der Waals surface area contributed by atoms with Crippen LogP contribution in [0.2, 0.25) is 0 Å². The van der Waals surface area contributed by atoms with E-state index < -0.39 is 5.97 Å². The first-order valence-electron chi connectivity index (χ1n) is 10.6. The van der Waals surface area contributed by atoms with Gasteiger partial charge in [0.15, 0.2) is 0 Å². The lowest BCUT2D eigenvalue weighted by Gasteiger charge is -2.28. The predicted octanol–water partition coefficient (Wildman–Crippen LogP) is 4.09. The summed E-state index contributed by atoms with van der Waals surface area (Å²) in [6.07, 6.45) is 4.05. The minimum atomic E-state index is -0.657. The molecule has 3 aliphatic rings. The Kier molecular flexibility index (Phi) is 5.68. The molecule has 156 valence electrons. The summed E-state index contributed by atoms with van der Waals surface area (Å²) in [5.41, 5.74) is 7.88. The number of likely N-dealkylation sites (tertiary alicyclic amines) is 1. The van der Waals surface area contributed by atoms with Crippen LogP contribution in [0.1, 0.15) is 53.9 Å². The maximum absolute atomic E-state index is 10.6. The van der Waals surface area contributed by atoms with Gasteiger partial charge in [0.1, 0.15) is 0 Å². The molecule has 0 aromatic heterocycles. The zero-order valence-corrected chi connectivity index (χ0v) is 18.1. The lowest BCUT2D eigenvalue weighted by Crippen LogP contribution is -2.39. The van der Waals surface area contributed by atoms with Crippen molar-refractivity contribution >= 4 is 17.3 Å². The number of benzene rings is 1. The maximum Gasteiger partial charge on any atom is 0.307 e. The Morgan fingerprint density at radius 3 is 2.11 bits per heavy atom. The molecule has 28 heavy (non-hydrogen) atoms. The van der Waals surface area contributed by atoms with Crippen molar-refractivity contribution in [3.05, 3.63) is 24.3 Å². The van der Waals surface area contributed by atoms with Crippen molar-refractivity contribution in [2.45, 2.75) is 66.0 Å². The molecule has 1 aliphatic carbocycles. The van der Waals surface area contributed by atoms with Gasteiger partial charge in [0.2, 0.25) is 0 Å². The molecule has 2 heterocycles. The molecule has 1 saturated carbocycles. The Labute approximate surface area is 169 Å². The molecule has 0 bridgehead atoms. The van der Waals surface area contributed by atoms with Crippen LogP contribution in [-0.2, 0) is 4.79 Å². The predicted molar refractivity (Wildman–Crippen MR) is 116 cm³/mol. The molecule has 0 radical (unpaired) electrons. The van der Waals surface area contributed by atoms with E-state index in [1.807, 2.05) is 39.8 Å². The fourth-order valence-electron chi connectivity index (χ4n) is 5.24. The monoisotopic (exact) mass is 387 g/mol. The van der Waals surface area contributed by atoms with Crippen LogP contribution in [0.5, 0.6) is 0 Å². The molecule has 4 rings (SSSR count). The normalized spacial score (nSPS) is 28.7. The molecular weight excluding hydrogens is 350 g/mol. The largest absolute Gasteiger partial charge is 0.481 e. The van der Waals surface area contributed by atoms with Gasteiger partial charge < -0.3 is 15.7 Å². The second-order valence-corrected chi connectivity index (χ2v) is 9.92. The lowest BCUT2D eigenvalue weighted by molar-refractivity contribution is -0.139. The Bertz CT molecular complexity index is 684. The fraction of sp³-hybridized carbons (Fsp3) is 0.696. The first-order valence-corrected chi connectivity index (χ1v) is 10.6. The topological polar surface area (TPSA) is 69.8 Å². The standard InChI is InChI=1S/C15H23N3.C8H14O2/c1-12-3-2-9-18(12)15-8-10-17(11-15)14-6-4-13(16)5-7-14;1-7(2)5(6(9)10)8(7,3)4/h4-7,12,15H,2-3,8-11,16H2,1H3;5H,1-4H3,(H,9,10). The van der Waals surface area contributed by atoms with E-state index in [0.29, 0.717) is 0 Å². The molecule has 1 aromatic carbocycles. The molecule has 0 spiro atoms. The van der Waals surface area contributed by atoms with Gasteiger partial charge in [-0.05, 0) is 67.8 Å². The second kappa shape index (κ2) is 7.58. The number of nitrogen functional groups attached to an aromatic ring is 1. The molecule has 2 unspecified atom stereocenters. The van der Waals surface area contributed by atoms with Gasteiger partial charge >= 0.3 is 5.97 Å². The number of carboxylic acid groups (broad SMARTS) is 1. The summed E-state index contributed by atoms with van der Waals surface area (Å²) < 4.78 is 0. The number of anilines is 2. The number of carbonyl (C=O) groups is 1. The minimum absolute atomic E-state index is 0.0150. The molecule has 3 fully saturated rings. The fourth-order valence-corrected chi connectivity index (χ4v) is 5.24. The van der Waals surface area contributed by atoms with Gasteiger partial charge in [-0.15, -0.1) is 0 Å². The number of carboxylic acids is 1. The summed E-state index contributed by atoms with van der Waals surface area (Å²) in [5, 5.41) is 8.72. The second-order valence-electron chi connectivity index (χ2n) is 9.92. The lowest BCUT2D eigenvalue weighted by atomic mass is 10.0. The van der Waals surface area contributed by atoms with Crippen molar-refractivity contribution in [2.24, 2.45) is 16.7 Å². The molecule has 2 atom stereocenters. The van der Waals surface area contributed by atoms with E-state index in [1.54, 1.807) is 0 Å². The summed E-state index contributed by atoms with van der Waals surface area (Å²) in [5.74, 6) is -0.810. The van der Waals surface area contributed by atoms with Gasteiger partial charge in [-0.2, -0.15) is 0 Å². The number of aliphatic carboxylic acids is 1. The molecule has 3 N–H and O–H groups in total. The molecule has 5 nitrogen and oxygen atoms in total. The summed E-state index contributed by atoms with van der Waals surface area (Å²) in [6, 6.07) is 9.82. The molecule has 2 aliphatic heterocycles. The summed E-state index contributed by atoms with van der Waals surface area (Å²) in [4.78, 5) is 15.8. The van der Waals surface area contributed by atoms with E-state index in [9.17, 15) is 4.79 Å². The van der Waals surface area contributed by atoms with Crippen molar-refractivity contribution in [3.63, 3.8) is 0 Å². The van der Waals surface area contributed by atoms with E-state index in [1.165, 1.54) is 44.6 Å². The van der Waals surface area contributed by atoms with Crippen molar-refractivity contribution in [2.75, 3.05) is 30.3 Å². The van der Waals surface area contributed by atoms with Crippen molar-refractivity contribution in [1.82, 2.24) is 4.90 Å². The summed E-state index contributed by atoms with van der Waals surface area (Å²) >= 11 is 0. The van der Waals surface area contributed by atoms with Crippen LogP contribution in [0.25, 0.3) is 0 Å². The van der Waals surface area contributed by atoms with Gasteiger partial charge in [0.25, 0.3) is 0 Å². The average Bonchev–Trinajstić information content (AvgIpc) is 3.07. The van der Waals surface area contributed by atoms with Gasteiger partial charge in [0, 0.05) is 36.5 Å². The number of hydrogen-bond acceptors (Lipinski definition) is 4.